The van der Waals surface area contributed by atoms with Crippen LogP contribution >= 0.6 is 23.2 Å². The summed E-state index contributed by atoms with van der Waals surface area (Å²) in [7, 11) is 1.16. The van der Waals surface area contributed by atoms with Crippen LogP contribution in [0.3, 0.4) is 0 Å². The molecule has 0 fully saturated rings. The first-order valence-electron chi connectivity index (χ1n) is 5.71. The number of nitrogens with zero attached hydrogens (tertiary/aromatic N) is 2. The number of methoxy groups -OCH3 is 1. The molecule has 0 aliphatic carbocycles. The maximum atomic E-state index is 12.6. The van der Waals surface area contributed by atoms with Gasteiger partial charge in [-0.2, -0.15) is 13.2 Å². The minimum Gasteiger partial charge on any atom is -0.465 e. The van der Waals surface area contributed by atoms with E-state index < -0.39 is 17.7 Å². The van der Waals surface area contributed by atoms with E-state index >= 15 is 0 Å². The van der Waals surface area contributed by atoms with Crippen molar-refractivity contribution in [2.45, 2.75) is 6.18 Å². The fourth-order valence-corrected chi connectivity index (χ4v) is 2.09. The van der Waals surface area contributed by atoms with Crippen LogP contribution in [0.5, 0.6) is 0 Å². The molecule has 4 nitrogen and oxygen atoms in total. The Bertz CT molecular complexity index is 736. The van der Waals surface area contributed by atoms with Gasteiger partial charge in [0.25, 0.3) is 0 Å². The zero-order valence-corrected chi connectivity index (χ0v) is 12.4. The lowest BCUT2D eigenvalue weighted by atomic mass is 10.1. The maximum Gasteiger partial charge on any atom is 0.417 e. The van der Waals surface area contributed by atoms with Crippen LogP contribution in [0.15, 0.2) is 24.5 Å². The lowest BCUT2D eigenvalue weighted by Crippen LogP contribution is -2.06. The van der Waals surface area contributed by atoms with Crippen LogP contribution in [0.4, 0.5) is 13.2 Å². The third-order valence-electron chi connectivity index (χ3n) is 2.69. The number of carbonyl (C=O) groups is 1. The minimum absolute atomic E-state index is 0.0422. The average molecular weight is 351 g/mol. The molecule has 116 valence electrons. The number of alkyl halides is 3. The van der Waals surface area contributed by atoms with Gasteiger partial charge in [-0.25, -0.2) is 9.78 Å². The van der Waals surface area contributed by atoms with E-state index in [0.717, 1.165) is 13.2 Å². The monoisotopic (exact) mass is 350 g/mol. The molecule has 22 heavy (non-hydrogen) atoms. The Morgan fingerprint density at radius 1 is 1.18 bits per heavy atom. The number of halogens is 5. The Kier molecular flexibility index (Phi) is 4.58. The van der Waals surface area contributed by atoms with Gasteiger partial charge in [0.2, 0.25) is 0 Å². The summed E-state index contributed by atoms with van der Waals surface area (Å²) in [6.45, 7) is 0. The molecule has 0 bridgehead atoms. The molecule has 0 aliphatic rings. The minimum atomic E-state index is -4.55. The third kappa shape index (κ3) is 3.31. The van der Waals surface area contributed by atoms with Crippen molar-refractivity contribution in [3.63, 3.8) is 0 Å². The first-order chi connectivity index (χ1) is 10.2. The summed E-state index contributed by atoms with van der Waals surface area (Å²) in [6, 6.07) is 2.04. The molecule has 0 saturated heterocycles. The van der Waals surface area contributed by atoms with Gasteiger partial charge in [-0.05, 0) is 12.1 Å². The third-order valence-corrected chi connectivity index (χ3v) is 3.28. The topological polar surface area (TPSA) is 52.1 Å². The molecular formula is C13H7Cl2F3N2O2. The Morgan fingerprint density at radius 3 is 2.41 bits per heavy atom. The summed E-state index contributed by atoms with van der Waals surface area (Å²) < 4.78 is 42.3. The Balaban J connectivity index is 2.51. The molecular weight excluding hydrogens is 344 g/mol. The maximum absolute atomic E-state index is 12.6. The van der Waals surface area contributed by atoms with Gasteiger partial charge in [-0.15, -0.1) is 0 Å². The quantitative estimate of drug-likeness (QED) is 0.599. The predicted octanol–water partition coefficient (Wildman–Crippen LogP) is 4.26. The molecule has 0 N–H and O–H groups in total. The highest BCUT2D eigenvalue weighted by Gasteiger charge is 2.31. The first kappa shape index (κ1) is 16.5. The average Bonchev–Trinajstić information content (AvgIpc) is 2.46. The molecule has 0 aromatic carbocycles. The summed E-state index contributed by atoms with van der Waals surface area (Å²) in [4.78, 5) is 19.0. The fraction of sp³-hybridized carbons (Fsp3) is 0.154. The van der Waals surface area contributed by atoms with Crippen molar-refractivity contribution in [2.75, 3.05) is 7.11 Å². The van der Waals surface area contributed by atoms with Crippen molar-refractivity contribution in [1.82, 2.24) is 9.97 Å². The molecule has 0 atom stereocenters. The van der Waals surface area contributed by atoms with Gasteiger partial charge in [0, 0.05) is 18.0 Å². The van der Waals surface area contributed by atoms with E-state index in [2.05, 4.69) is 14.7 Å². The molecule has 2 rings (SSSR count). The number of aromatic nitrogens is 2. The lowest BCUT2D eigenvalue weighted by Gasteiger charge is -2.10. The van der Waals surface area contributed by atoms with Crippen LogP contribution in [0, 0.1) is 0 Å². The Labute approximate surface area is 132 Å². The second-order valence-corrected chi connectivity index (χ2v) is 4.87. The predicted molar refractivity (Wildman–Crippen MR) is 73.8 cm³/mol. The molecule has 0 spiro atoms. The zero-order chi connectivity index (χ0) is 16.5. The summed E-state index contributed by atoms with van der Waals surface area (Å²) in [5.74, 6) is -0.734. The lowest BCUT2D eigenvalue weighted by molar-refractivity contribution is -0.137. The Morgan fingerprint density at radius 2 is 1.86 bits per heavy atom. The molecule has 9 heteroatoms. The largest absolute Gasteiger partial charge is 0.465 e. The summed E-state index contributed by atoms with van der Waals surface area (Å²) in [6.07, 6.45) is -2.66. The molecule has 2 aromatic rings. The van der Waals surface area contributed by atoms with Gasteiger partial charge in [-0.1, -0.05) is 23.2 Å². The van der Waals surface area contributed by atoms with Crippen LogP contribution in [-0.2, 0) is 10.9 Å². The second kappa shape index (κ2) is 6.10. The van der Waals surface area contributed by atoms with Crippen molar-refractivity contribution in [2.24, 2.45) is 0 Å². The molecule has 0 aliphatic heterocycles. The van der Waals surface area contributed by atoms with Gasteiger partial charge >= 0.3 is 12.1 Å². The van der Waals surface area contributed by atoms with E-state index in [1.54, 1.807) is 0 Å². The number of ether oxygens (including phenoxy) is 1. The molecule has 2 aromatic heterocycles. The smallest absolute Gasteiger partial charge is 0.417 e. The Hall–Kier alpha value is -1.86. The standard InChI is InChI=1S/C13H7Cl2F3N2O2/c1-22-12(21)8-2-6(4-20-11(8)15)10-9(14)3-7(5-19-10)13(16,17)18/h2-5H,1H3. The molecule has 0 saturated carbocycles. The van der Waals surface area contributed by atoms with E-state index in [1.165, 1.54) is 12.3 Å². The number of esters is 1. The van der Waals surface area contributed by atoms with E-state index in [4.69, 9.17) is 23.2 Å². The van der Waals surface area contributed by atoms with Gasteiger partial charge in [0.05, 0.1) is 29.0 Å². The fourth-order valence-electron chi connectivity index (χ4n) is 1.64. The number of hydrogen-bond acceptors (Lipinski definition) is 4. The van der Waals surface area contributed by atoms with Crippen molar-refractivity contribution in [1.29, 1.82) is 0 Å². The number of carbonyl (C=O) groups excluding carboxylic acids is 1. The van der Waals surface area contributed by atoms with Crippen molar-refractivity contribution in [3.05, 3.63) is 45.8 Å². The van der Waals surface area contributed by atoms with Gasteiger partial charge in [-0.3, -0.25) is 4.98 Å². The van der Waals surface area contributed by atoms with E-state index in [-0.39, 0.29) is 27.0 Å². The zero-order valence-electron chi connectivity index (χ0n) is 10.9. The van der Waals surface area contributed by atoms with Gasteiger partial charge in [0.15, 0.2) is 0 Å². The highest BCUT2D eigenvalue weighted by molar-refractivity contribution is 6.33. The van der Waals surface area contributed by atoms with E-state index in [9.17, 15) is 18.0 Å². The van der Waals surface area contributed by atoms with Crippen LogP contribution in [0.25, 0.3) is 11.3 Å². The molecule has 0 amide bonds. The molecule has 0 radical (unpaired) electrons. The van der Waals surface area contributed by atoms with Crippen molar-refractivity contribution >= 4 is 29.2 Å². The second-order valence-electron chi connectivity index (χ2n) is 4.11. The SMILES string of the molecule is COC(=O)c1cc(-c2ncc(C(F)(F)F)cc2Cl)cnc1Cl. The van der Waals surface area contributed by atoms with Gasteiger partial charge in [0.1, 0.15) is 5.15 Å². The van der Waals surface area contributed by atoms with Gasteiger partial charge < -0.3 is 4.74 Å². The first-order valence-corrected chi connectivity index (χ1v) is 6.46. The van der Waals surface area contributed by atoms with Crippen LogP contribution in [-0.4, -0.2) is 23.0 Å². The van der Waals surface area contributed by atoms with Crippen LogP contribution < -0.4 is 0 Å². The normalized spacial score (nSPS) is 11.4. The van der Waals surface area contributed by atoms with Crippen molar-refractivity contribution < 1.29 is 22.7 Å². The summed E-state index contributed by atoms with van der Waals surface area (Å²) in [5, 5.41) is -0.326. The van der Waals surface area contributed by atoms with E-state index in [1.807, 2.05) is 0 Å². The highest BCUT2D eigenvalue weighted by atomic mass is 35.5. The summed E-state index contributed by atoms with van der Waals surface area (Å²) >= 11 is 11.6. The van der Waals surface area contributed by atoms with E-state index in [0.29, 0.717) is 6.20 Å². The number of hydrogen-bond donors (Lipinski definition) is 0. The van der Waals surface area contributed by atoms with Crippen LogP contribution in [0.2, 0.25) is 10.2 Å². The molecule has 2 heterocycles. The van der Waals surface area contributed by atoms with Crippen molar-refractivity contribution in [3.8, 4) is 11.3 Å². The number of rotatable bonds is 2. The molecule has 0 unspecified atom stereocenters. The van der Waals surface area contributed by atoms with Crippen LogP contribution in [0.1, 0.15) is 15.9 Å². The highest BCUT2D eigenvalue weighted by Crippen LogP contribution is 2.34. The number of pyridine rings is 2. The summed E-state index contributed by atoms with van der Waals surface area (Å²) in [5.41, 5.74) is -0.733.